The SMILES string of the molecule is C#Cc1c(F)ccc2cc(O)cc(-c3nc(OC)c4c(N5CCOCC(C)(O)C5)nc(OCC56CCCC5N(C5CCOC(C)C5)CCC6)nc4c3F)c12. The van der Waals surface area contributed by atoms with Gasteiger partial charge in [-0.25, -0.2) is 13.8 Å². The van der Waals surface area contributed by atoms with Crippen LogP contribution in [0.4, 0.5) is 14.6 Å². The highest BCUT2D eigenvalue weighted by Crippen LogP contribution is 2.50. The van der Waals surface area contributed by atoms with Crippen LogP contribution < -0.4 is 14.4 Å². The molecule has 4 fully saturated rings. The number of hydrogen-bond donors (Lipinski definition) is 2. The third kappa shape index (κ3) is 6.57. The predicted molar refractivity (Wildman–Crippen MR) is 200 cm³/mol. The standard InChI is InChI=1S/C41H47F2N5O6/c1-5-28-30(42)10-9-25-19-27(49)20-29(32(25)28)35-34(43)36-33(38(44-35)51-4)37(47-15-17-52-22-40(3,50)21-47)46-39(45-36)54-23-41-12-6-8-31(41)48(14-7-13-41)26-11-16-53-24(2)18-26/h1,9-10,19-20,24,26,31,49-50H,6-8,11-18,21-23H2,2-4H3. The molecule has 1 aliphatic carbocycles. The Morgan fingerprint density at radius 3 is 2.70 bits per heavy atom. The largest absolute Gasteiger partial charge is 0.508 e. The van der Waals surface area contributed by atoms with Crippen molar-refractivity contribution >= 4 is 27.5 Å². The number of methoxy groups -OCH3 is 1. The van der Waals surface area contributed by atoms with Crippen molar-refractivity contribution in [1.29, 1.82) is 0 Å². The molecule has 1 saturated carbocycles. The number of terminal acetylenes is 1. The van der Waals surface area contributed by atoms with E-state index in [1.54, 1.807) is 6.92 Å². The number of rotatable bonds is 7. The number of fused-ring (bicyclic) bond motifs is 3. The summed E-state index contributed by atoms with van der Waals surface area (Å²) in [6.07, 6.45) is 13.3. The van der Waals surface area contributed by atoms with E-state index >= 15 is 8.78 Å². The summed E-state index contributed by atoms with van der Waals surface area (Å²) >= 11 is 0. The number of nitrogens with zero attached hydrogens (tertiary/aromatic N) is 5. The number of phenolic OH excluding ortho intramolecular Hbond substituents is 1. The lowest BCUT2D eigenvalue weighted by atomic mass is 9.74. The lowest BCUT2D eigenvalue weighted by Gasteiger charge is -2.50. The molecule has 286 valence electrons. The number of piperidine rings is 1. The zero-order chi connectivity index (χ0) is 37.8. The Balaban J connectivity index is 1.26. The van der Waals surface area contributed by atoms with Gasteiger partial charge >= 0.3 is 6.01 Å². The van der Waals surface area contributed by atoms with Crippen LogP contribution in [0, 0.1) is 29.4 Å². The lowest BCUT2D eigenvalue weighted by molar-refractivity contribution is -0.0701. The molecule has 11 nitrogen and oxygen atoms in total. The Morgan fingerprint density at radius 2 is 1.91 bits per heavy atom. The fraction of sp³-hybridized carbons (Fsp3) is 0.537. The zero-order valence-corrected chi connectivity index (χ0v) is 31.0. The number of ether oxygens (including phenoxy) is 4. The number of phenols is 1. The number of aliphatic hydroxyl groups is 1. The van der Waals surface area contributed by atoms with Crippen molar-refractivity contribution in [2.24, 2.45) is 5.41 Å². The van der Waals surface area contributed by atoms with Gasteiger partial charge in [0.2, 0.25) is 5.88 Å². The molecule has 2 aromatic carbocycles. The van der Waals surface area contributed by atoms with Gasteiger partial charge in [0.25, 0.3) is 0 Å². The Bertz CT molecular complexity index is 2130. The molecule has 3 aliphatic heterocycles. The van der Waals surface area contributed by atoms with Gasteiger partial charge in [0.05, 0.1) is 45.1 Å². The maximum absolute atomic E-state index is 17.3. The molecule has 0 radical (unpaired) electrons. The van der Waals surface area contributed by atoms with E-state index in [2.05, 4.69) is 22.7 Å². The smallest absolute Gasteiger partial charge is 0.319 e. The first-order valence-corrected chi connectivity index (χ1v) is 18.9. The van der Waals surface area contributed by atoms with Crippen molar-refractivity contribution in [3.8, 4) is 41.2 Å². The van der Waals surface area contributed by atoms with Crippen LogP contribution in [-0.2, 0) is 9.47 Å². The maximum Gasteiger partial charge on any atom is 0.319 e. The third-order valence-corrected chi connectivity index (χ3v) is 11.9. The molecule has 5 heterocycles. The molecule has 0 amide bonds. The molecule has 8 rings (SSSR count). The highest BCUT2D eigenvalue weighted by Gasteiger charge is 2.50. The summed E-state index contributed by atoms with van der Waals surface area (Å²) < 4.78 is 56.4. The van der Waals surface area contributed by atoms with Crippen LogP contribution in [0.5, 0.6) is 17.6 Å². The number of aromatic nitrogens is 3. The van der Waals surface area contributed by atoms with Crippen LogP contribution in [0.15, 0.2) is 24.3 Å². The fourth-order valence-electron chi connectivity index (χ4n) is 9.52. The second kappa shape index (κ2) is 14.4. The van der Waals surface area contributed by atoms with E-state index in [1.165, 1.54) is 31.4 Å². The monoisotopic (exact) mass is 743 g/mol. The van der Waals surface area contributed by atoms with E-state index in [1.807, 2.05) is 4.90 Å². The van der Waals surface area contributed by atoms with Gasteiger partial charge in [0.1, 0.15) is 39.6 Å². The quantitative estimate of drug-likeness (QED) is 0.217. The average molecular weight is 744 g/mol. The Morgan fingerprint density at radius 1 is 1.07 bits per heavy atom. The molecule has 4 aliphatic rings. The Kier molecular flexibility index (Phi) is 9.75. The summed E-state index contributed by atoms with van der Waals surface area (Å²) in [5, 5.41) is 22.7. The molecular formula is C41H47F2N5O6. The lowest BCUT2D eigenvalue weighted by Crippen LogP contribution is -2.57. The average Bonchev–Trinajstić information content (AvgIpc) is 3.50. The summed E-state index contributed by atoms with van der Waals surface area (Å²) in [5.41, 5.74) is -1.77. The number of anilines is 1. The maximum atomic E-state index is 17.3. The molecule has 54 heavy (non-hydrogen) atoms. The zero-order valence-electron chi connectivity index (χ0n) is 31.0. The van der Waals surface area contributed by atoms with E-state index in [-0.39, 0.29) is 87.8 Å². The van der Waals surface area contributed by atoms with Gasteiger partial charge in [-0.1, -0.05) is 18.4 Å². The predicted octanol–water partition coefficient (Wildman–Crippen LogP) is 5.99. The molecule has 2 N–H and O–H groups in total. The van der Waals surface area contributed by atoms with E-state index in [0.717, 1.165) is 58.1 Å². The second-order valence-corrected chi connectivity index (χ2v) is 15.7. The summed E-state index contributed by atoms with van der Waals surface area (Å²) in [7, 11) is 1.40. The van der Waals surface area contributed by atoms with E-state index in [9.17, 15) is 10.2 Å². The van der Waals surface area contributed by atoms with Gasteiger partial charge in [-0.2, -0.15) is 9.97 Å². The van der Waals surface area contributed by atoms with Crippen molar-refractivity contribution in [3.05, 3.63) is 41.5 Å². The minimum absolute atomic E-state index is 0.00836. The van der Waals surface area contributed by atoms with Gasteiger partial charge in [-0.05, 0) is 82.5 Å². The highest BCUT2D eigenvalue weighted by atomic mass is 19.1. The molecule has 2 aromatic heterocycles. The number of likely N-dealkylation sites (tertiary alicyclic amines) is 1. The summed E-state index contributed by atoms with van der Waals surface area (Å²) in [4.78, 5) is 18.7. The van der Waals surface area contributed by atoms with Crippen LogP contribution in [0.1, 0.15) is 64.4 Å². The molecule has 3 saturated heterocycles. The fourth-order valence-corrected chi connectivity index (χ4v) is 9.52. The molecule has 0 bridgehead atoms. The number of pyridine rings is 1. The van der Waals surface area contributed by atoms with Gasteiger partial charge < -0.3 is 34.1 Å². The molecular weight excluding hydrogens is 696 g/mol. The van der Waals surface area contributed by atoms with Crippen molar-refractivity contribution in [1.82, 2.24) is 19.9 Å². The van der Waals surface area contributed by atoms with Crippen LogP contribution >= 0.6 is 0 Å². The molecule has 0 spiro atoms. The van der Waals surface area contributed by atoms with Crippen molar-refractivity contribution in [2.75, 3.05) is 58.1 Å². The summed E-state index contributed by atoms with van der Waals surface area (Å²) in [5.74, 6) is 0.937. The van der Waals surface area contributed by atoms with Gasteiger partial charge in [0.15, 0.2) is 5.82 Å². The van der Waals surface area contributed by atoms with Crippen molar-refractivity contribution < 1.29 is 37.9 Å². The molecule has 5 atom stereocenters. The first kappa shape index (κ1) is 36.6. The van der Waals surface area contributed by atoms with Crippen LogP contribution in [0.2, 0.25) is 0 Å². The van der Waals surface area contributed by atoms with Crippen molar-refractivity contribution in [2.45, 2.75) is 82.6 Å². The number of benzene rings is 2. The van der Waals surface area contributed by atoms with Crippen LogP contribution in [-0.4, -0.2) is 107 Å². The highest BCUT2D eigenvalue weighted by molar-refractivity contribution is 6.04. The number of aromatic hydroxyl groups is 1. The van der Waals surface area contributed by atoms with Gasteiger partial charge in [-0.3, -0.25) is 4.90 Å². The first-order chi connectivity index (χ1) is 26.0. The third-order valence-electron chi connectivity index (χ3n) is 11.9. The first-order valence-electron chi connectivity index (χ1n) is 18.9. The molecule has 13 heteroatoms. The number of hydrogen-bond acceptors (Lipinski definition) is 11. The van der Waals surface area contributed by atoms with Crippen LogP contribution in [0.25, 0.3) is 32.9 Å². The van der Waals surface area contributed by atoms with Crippen molar-refractivity contribution in [3.63, 3.8) is 0 Å². The molecule has 4 aromatic rings. The number of halogens is 2. The Labute approximate surface area is 313 Å². The van der Waals surface area contributed by atoms with Gasteiger partial charge in [0, 0.05) is 41.6 Å². The second-order valence-electron chi connectivity index (χ2n) is 15.7. The summed E-state index contributed by atoms with van der Waals surface area (Å²) in [6.45, 7) is 6.84. The van der Waals surface area contributed by atoms with E-state index in [0.29, 0.717) is 30.6 Å². The van der Waals surface area contributed by atoms with Gasteiger partial charge in [-0.15, -0.1) is 6.42 Å². The van der Waals surface area contributed by atoms with E-state index < -0.39 is 17.2 Å². The Hall–Kier alpha value is -4.35. The van der Waals surface area contributed by atoms with E-state index in [4.69, 9.17) is 35.3 Å². The number of β-amino-alcohol motifs (C(OH)–C–C–N with tert-alkyl or cyclic N) is 1. The molecule has 5 unspecified atom stereocenters. The summed E-state index contributed by atoms with van der Waals surface area (Å²) in [6, 6.07) is 6.19. The minimum Gasteiger partial charge on any atom is -0.508 e. The normalized spacial score (nSPS) is 27.8. The topological polar surface area (TPSA) is 123 Å². The minimum atomic E-state index is -1.24. The van der Waals surface area contributed by atoms with Crippen LogP contribution in [0.3, 0.4) is 0 Å².